The zero-order valence-corrected chi connectivity index (χ0v) is 18.7. The summed E-state index contributed by atoms with van der Waals surface area (Å²) in [5, 5.41) is 0. The monoisotopic (exact) mass is 420 g/mol. The third-order valence-corrected chi connectivity index (χ3v) is 5.38. The van der Waals surface area contributed by atoms with Crippen LogP contribution in [0.4, 0.5) is 0 Å². The summed E-state index contributed by atoms with van der Waals surface area (Å²) in [7, 11) is 3.32. The molecule has 1 unspecified atom stereocenters. The predicted octanol–water partition coefficient (Wildman–Crippen LogP) is 5.42. The van der Waals surface area contributed by atoms with Crippen molar-refractivity contribution >= 4 is 11.6 Å². The zero-order valence-electron chi connectivity index (χ0n) is 17.9. The zero-order chi connectivity index (χ0) is 21.1. The van der Waals surface area contributed by atoms with E-state index in [0.29, 0.717) is 25.7 Å². The molecule has 0 radical (unpaired) electrons. The standard InChI is InChI=1S/C24H33ClO4/c1-24(2,20-10-13-22(14-11-20)28-16-6-15-25)19-7-5-8-21(12-9-19)29-18-23(27-4)17-26-3/h5,8-14,23H,6-7,15-18H2,1-4H3. The fourth-order valence-corrected chi connectivity index (χ4v) is 3.23. The molecule has 0 aromatic heterocycles. The number of ether oxygens (including phenoxy) is 4. The van der Waals surface area contributed by atoms with E-state index in [-0.39, 0.29) is 11.5 Å². The molecule has 0 saturated heterocycles. The topological polar surface area (TPSA) is 36.9 Å². The van der Waals surface area contributed by atoms with Crippen LogP contribution in [0, 0.1) is 0 Å². The molecule has 1 aromatic carbocycles. The molecule has 0 aliphatic heterocycles. The summed E-state index contributed by atoms with van der Waals surface area (Å²) in [6.07, 6.45) is 10.0. The first-order valence-electron chi connectivity index (χ1n) is 10.0. The van der Waals surface area contributed by atoms with Crippen LogP contribution in [-0.2, 0) is 19.6 Å². The lowest BCUT2D eigenvalue weighted by atomic mass is 9.76. The van der Waals surface area contributed by atoms with Gasteiger partial charge in [-0.1, -0.05) is 43.7 Å². The molecule has 0 fully saturated rings. The van der Waals surface area contributed by atoms with Crippen LogP contribution in [-0.4, -0.2) is 46.0 Å². The highest BCUT2D eigenvalue weighted by Gasteiger charge is 2.25. The van der Waals surface area contributed by atoms with Crippen molar-refractivity contribution in [1.82, 2.24) is 0 Å². The van der Waals surface area contributed by atoms with Crippen LogP contribution in [0.25, 0.3) is 0 Å². The van der Waals surface area contributed by atoms with Crippen LogP contribution in [0.3, 0.4) is 0 Å². The van der Waals surface area contributed by atoms with Gasteiger partial charge in [-0.15, -0.1) is 11.6 Å². The smallest absolute Gasteiger partial charge is 0.119 e. The molecule has 0 bridgehead atoms. The molecule has 0 spiro atoms. The van der Waals surface area contributed by atoms with Crippen molar-refractivity contribution in [2.24, 2.45) is 0 Å². The Hall–Kier alpha value is -1.75. The first-order chi connectivity index (χ1) is 14.0. The molecule has 5 heteroatoms. The van der Waals surface area contributed by atoms with Crippen molar-refractivity contribution in [2.45, 2.75) is 38.2 Å². The van der Waals surface area contributed by atoms with Gasteiger partial charge in [-0.3, -0.25) is 0 Å². The van der Waals surface area contributed by atoms with E-state index >= 15 is 0 Å². The number of alkyl halides is 1. The minimum absolute atomic E-state index is 0.0809. The first-order valence-corrected chi connectivity index (χ1v) is 10.6. The van der Waals surface area contributed by atoms with Gasteiger partial charge in [-0.2, -0.15) is 0 Å². The van der Waals surface area contributed by atoms with Crippen molar-refractivity contribution in [3.63, 3.8) is 0 Å². The second-order valence-corrected chi connectivity index (χ2v) is 7.91. The summed E-state index contributed by atoms with van der Waals surface area (Å²) < 4.78 is 22.1. The lowest BCUT2D eigenvalue weighted by Crippen LogP contribution is -2.23. The quantitative estimate of drug-likeness (QED) is 0.334. The molecule has 2 rings (SSSR count). The molecule has 29 heavy (non-hydrogen) atoms. The van der Waals surface area contributed by atoms with Crippen LogP contribution in [0.2, 0.25) is 0 Å². The molecule has 1 aliphatic carbocycles. The summed E-state index contributed by atoms with van der Waals surface area (Å²) in [5.41, 5.74) is 2.47. The van der Waals surface area contributed by atoms with Gasteiger partial charge >= 0.3 is 0 Å². The van der Waals surface area contributed by atoms with Crippen molar-refractivity contribution in [3.8, 4) is 5.75 Å². The highest BCUT2D eigenvalue weighted by Crippen LogP contribution is 2.35. The molecule has 0 heterocycles. The van der Waals surface area contributed by atoms with E-state index in [0.717, 1.165) is 24.4 Å². The second-order valence-electron chi connectivity index (χ2n) is 7.53. The van der Waals surface area contributed by atoms with Gasteiger partial charge in [-0.05, 0) is 42.7 Å². The van der Waals surface area contributed by atoms with Gasteiger partial charge in [0.1, 0.15) is 24.2 Å². The molecule has 0 saturated carbocycles. The Labute approximate surface area is 180 Å². The van der Waals surface area contributed by atoms with Crippen LogP contribution in [0.15, 0.2) is 59.9 Å². The van der Waals surface area contributed by atoms with E-state index in [1.165, 1.54) is 11.1 Å². The van der Waals surface area contributed by atoms with Crippen molar-refractivity contribution in [1.29, 1.82) is 0 Å². The Kier molecular flexibility index (Phi) is 9.79. The van der Waals surface area contributed by atoms with Crippen molar-refractivity contribution in [2.75, 3.05) is 39.9 Å². The fourth-order valence-electron chi connectivity index (χ4n) is 3.13. The van der Waals surface area contributed by atoms with Crippen LogP contribution >= 0.6 is 11.6 Å². The van der Waals surface area contributed by atoms with Gasteiger partial charge in [0, 0.05) is 25.5 Å². The van der Waals surface area contributed by atoms with E-state index < -0.39 is 0 Å². The number of benzene rings is 1. The lowest BCUT2D eigenvalue weighted by Gasteiger charge is -2.28. The Morgan fingerprint density at radius 2 is 1.79 bits per heavy atom. The highest BCUT2D eigenvalue weighted by atomic mass is 35.5. The Morgan fingerprint density at radius 1 is 1.03 bits per heavy atom. The van der Waals surface area contributed by atoms with Gasteiger partial charge in [0.15, 0.2) is 0 Å². The highest BCUT2D eigenvalue weighted by molar-refractivity contribution is 6.17. The lowest BCUT2D eigenvalue weighted by molar-refractivity contribution is -0.0128. The Bertz CT molecular complexity index is 704. The first kappa shape index (κ1) is 23.5. The third-order valence-electron chi connectivity index (χ3n) is 5.12. The summed E-state index contributed by atoms with van der Waals surface area (Å²) >= 11 is 5.70. The summed E-state index contributed by atoms with van der Waals surface area (Å²) in [4.78, 5) is 0. The largest absolute Gasteiger partial charge is 0.494 e. The Morgan fingerprint density at radius 3 is 2.45 bits per heavy atom. The van der Waals surface area contributed by atoms with Crippen LogP contribution in [0.5, 0.6) is 5.75 Å². The average molecular weight is 421 g/mol. The molecule has 0 N–H and O–H groups in total. The number of allylic oxidation sites excluding steroid dienone is 5. The van der Waals surface area contributed by atoms with E-state index in [2.05, 4.69) is 38.1 Å². The van der Waals surface area contributed by atoms with E-state index in [9.17, 15) is 0 Å². The minimum atomic E-state index is -0.101. The number of methoxy groups -OCH3 is 2. The van der Waals surface area contributed by atoms with E-state index in [4.69, 9.17) is 30.5 Å². The van der Waals surface area contributed by atoms with E-state index in [1.54, 1.807) is 14.2 Å². The van der Waals surface area contributed by atoms with Gasteiger partial charge in [0.05, 0.1) is 13.2 Å². The second kappa shape index (κ2) is 12.1. The summed E-state index contributed by atoms with van der Waals surface area (Å²) in [5.74, 6) is 2.32. The summed E-state index contributed by atoms with van der Waals surface area (Å²) in [6.45, 7) is 6.10. The molecule has 0 amide bonds. The van der Waals surface area contributed by atoms with Crippen molar-refractivity contribution < 1.29 is 18.9 Å². The molecule has 1 aromatic rings. The molecule has 1 atom stereocenters. The summed E-state index contributed by atoms with van der Waals surface area (Å²) in [6, 6.07) is 8.34. The molecular weight excluding hydrogens is 388 g/mol. The van der Waals surface area contributed by atoms with Gasteiger partial charge in [0.25, 0.3) is 0 Å². The Balaban J connectivity index is 2.05. The SMILES string of the molecule is COCC(COC1=CC=C(C(C)(C)c2ccc(OCCCCl)cc2)CC=C1)OC. The molecular formula is C24H33ClO4. The van der Waals surface area contributed by atoms with Crippen molar-refractivity contribution in [3.05, 3.63) is 65.5 Å². The van der Waals surface area contributed by atoms with Crippen LogP contribution in [0.1, 0.15) is 32.3 Å². The number of hydrogen-bond donors (Lipinski definition) is 0. The number of halogens is 1. The normalized spacial score (nSPS) is 15.3. The molecule has 160 valence electrons. The van der Waals surface area contributed by atoms with E-state index in [1.807, 2.05) is 24.3 Å². The van der Waals surface area contributed by atoms with Gasteiger partial charge in [0.2, 0.25) is 0 Å². The maximum Gasteiger partial charge on any atom is 0.119 e. The third kappa shape index (κ3) is 7.22. The minimum Gasteiger partial charge on any atom is -0.494 e. The van der Waals surface area contributed by atoms with Crippen LogP contribution < -0.4 is 4.74 Å². The van der Waals surface area contributed by atoms with Gasteiger partial charge in [-0.25, -0.2) is 0 Å². The average Bonchev–Trinajstić information content (AvgIpc) is 2.98. The predicted molar refractivity (Wildman–Crippen MR) is 119 cm³/mol. The molecule has 4 nitrogen and oxygen atoms in total. The fraction of sp³-hybridized carbons (Fsp3) is 0.500. The number of hydrogen-bond acceptors (Lipinski definition) is 4. The van der Waals surface area contributed by atoms with Gasteiger partial charge < -0.3 is 18.9 Å². The molecule has 1 aliphatic rings. The number of rotatable bonds is 12. The maximum absolute atomic E-state index is 5.90. The maximum atomic E-state index is 5.90.